The molecule has 0 aliphatic heterocycles. The van der Waals surface area contributed by atoms with Gasteiger partial charge in [0.25, 0.3) is 0 Å². The number of anilines is 1. The normalized spacial score (nSPS) is 11.9. The van der Waals surface area contributed by atoms with E-state index in [-0.39, 0.29) is 16.3 Å². The summed E-state index contributed by atoms with van der Waals surface area (Å²) >= 11 is 17.4. The van der Waals surface area contributed by atoms with E-state index in [0.29, 0.717) is 5.56 Å². The van der Waals surface area contributed by atoms with E-state index in [4.69, 9.17) is 34.8 Å². The molecular weight excluding hydrogens is 309 g/mol. The van der Waals surface area contributed by atoms with Gasteiger partial charge in [-0.3, -0.25) is 4.79 Å². The number of nitrogens with zero attached hydrogens (tertiary/aromatic N) is 2. The van der Waals surface area contributed by atoms with E-state index >= 15 is 0 Å². The van der Waals surface area contributed by atoms with Crippen LogP contribution in [0.5, 0.6) is 0 Å². The van der Waals surface area contributed by atoms with Gasteiger partial charge in [-0.15, -0.1) is 11.6 Å². The molecule has 1 amide bonds. The van der Waals surface area contributed by atoms with Gasteiger partial charge in [-0.25, -0.2) is 9.97 Å². The van der Waals surface area contributed by atoms with Crippen molar-refractivity contribution in [3.05, 3.63) is 52.4 Å². The van der Waals surface area contributed by atoms with Crippen molar-refractivity contribution in [3.63, 3.8) is 0 Å². The van der Waals surface area contributed by atoms with Gasteiger partial charge >= 0.3 is 0 Å². The number of amides is 1. The zero-order chi connectivity index (χ0) is 13.8. The van der Waals surface area contributed by atoms with Gasteiger partial charge in [0, 0.05) is 6.07 Å². The van der Waals surface area contributed by atoms with Gasteiger partial charge in [0.15, 0.2) is 0 Å². The highest BCUT2D eigenvalue weighted by molar-refractivity contribution is 6.33. The first-order chi connectivity index (χ1) is 9.06. The fourth-order valence-electron chi connectivity index (χ4n) is 1.42. The molecule has 2 rings (SSSR count). The third kappa shape index (κ3) is 3.80. The number of nitrogens with one attached hydrogen (secondary N) is 1. The van der Waals surface area contributed by atoms with Crippen LogP contribution in [-0.4, -0.2) is 15.9 Å². The largest absolute Gasteiger partial charge is 0.309 e. The first-order valence-electron chi connectivity index (χ1n) is 5.26. The van der Waals surface area contributed by atoms with Crippen LogP contribution in [-0.2, 0) is 4.79 Å². The van der Waals surface area contributed by atoms with E-state index in [1.165, 1.54) is 6.07 Å². The second-order valence-corrected chi connectivity index (χ2v) is 4.77. The number of alkyl halides is 1. The van der Waals surface area contributed by atoms with Crippen LogP contribution in [0, 0.1) is 0 Å². The molecule has 0 spiro atoms. The maximum absolute atomic E-state index is 11.9. The highest BCUT2D eigenvalue weighted by atomic mass is 35.5. The van der Waals surface area contributed by atoms with Crippen LogP contribution in [0.2, 0.25) is 10.4 Å². The van der Waals surface area contributed by atoms with E-state index in [2.05, 4.69) is 15.3 Å². The van der Waals surface area contributed by atoms with Crippen LogP contribution in [0.25, 0.3) is 0 Å². The first-order valence-corrected chi connectivity index (χ1v) is 6.45. The molecule has 1 N–H and O–H groups in total. The number of carbonyl (C=O) groups excluding carboxylic acids is 1. The van der Waals surface area contributed by atoms with E-state index in [0.717, 1.165) is 0 Å². The summed E-state index contributed by atoms with van der Waals surface area (Å²) in [7, 11) is 0. The quantitative estimate of drug-likeness (QED) is 0.533. The Hall–Kier alpha value is -1.36. The topological polar surface area (TPSA) is 54.9 Å². The molecule has 1 unspecified atom stereocenters. The minimum absolute atomic E-state index is 0.0476. The van der Waals surface area contributed by atoms with Gasteiger partial charge in [0.1, 0.15) is 16.3 Å². The Balaban J connectivity index is 2.13. The third-order valence-corrected chi connectivity index (χ3v) is 3.05. The fourth-order valence-corrected chi connectivity index (χ4v) is 2.03. The van der Waals surface area contributed by atoms with Crippen LogP contribution in [0.3, 0.4) is 0 Å². The zero-order valence-electron chi connectivity index (χ0n) is 9.48. The van der Waals surface area contributed by atoms with Crippen LogP contribution in [0.15, 0.2) is 36.4 Å². The standard InChI is InChI=1S/C12H8Cl3N3O/c13-8-6-9(18-12(15)16-8)17-11(19)10(14)7-4-2-1-3-5-7/h1-6,10H,(H,16,17,18,19). The molecule has 0 aliphatic carbocycles. The first kappa shape index (κ1) is 14.1. The Morgan fingerprint density at radius 1 is 1.16 bits per heavy atom. The summed E-state index contributed by atoms with van der Waals surface area (Å²) in [4.78, 5) is 19.5. The average molecular weight is 317 g/mol. The fraction of sp³-hybridized carbons (Fsp3) is 0.0833. The third-order valence-electron chi connectivity index (χ3n) is 2.24. The zero-order valence-corrected chi connectivity index (χ0v) is 11.7. The molecule has 1 heterocycles. The lowest BCUT2D eigenvalue weighted by molar-refractivity contribution is -0.116. The summed E-state index contributed by atoms with van der Waals surface area (Å²) in [5.74, 6) is -0.213. The highest BCUT2D eigenvalue weighted by Gasteiger charge is 2.18. The molecule has 1 aromatic carbocycles. The van der Waals surface area contributed by atoms with Gasteiger partial charge in [0.2, 0.25) is 11.2 Å². The molecule has 0 radical (unpaired) electrons. The van der Waals surface area contributed by atoms with Crippen LogP contribution < -0.4 is 5.32 Å². The van der Waals surface area contributed by atoms with Crippen molar-refractivity contribution < 1.29 is 4.79 Å². The van der Waals surface area contributed by atoms with Gasteiger partial charge < -0.3 is 5.32 Å². The maximum Gasteiger partial charge on any atom is 0.248 e. The van der Waals surface area contributed by atoms with Crippen molar-refractivity contribution in [1.82, 2.24) is 9.97 Å². The van der Waals surface area contributed by atoms with Crippen molar-refractivity contribution in [3.8, 4) is 0 Å². The summed E-state index contributed by atoms with van der Waals surface area (Å²) in [6.07, 6.45) is 0. The second-order valence-electron chi connectivity index (χ2n) is 3.61. The molecule has 1 aromatic heterocycles. The lowest BCUT2D eigenvalue weighted by Crippen LogP contribution is -2.18. The summed E-state index contributed by atoms with van der Waals surface area (Å²) in [5, 5.41) is 1.80. The van der Waals surface area contributed by atoms with Crippen LogP contribution >= 0.6 is 34.8 Å². The maximum atomic E-state index is 11.9. The number of hydrogen-bond acceptors (Lipinski definition) is 3. The number of benzene rings is 1. The summed E-state index contributed by atoms with van der Waals surface area (Å²) in [6, 6.07) is 10.4. The highest BCUT2D eigenvalue weighted by Crippen LogP contribution is 2.22. The Kier molecular flexibility index (Phi) is 4.58. The molecule has 7 heteroatoms. The van der Waals surface area contributed by atoms with E-state index < -0.39 is 11.3 Å². The summed E-state index contributed by atoms with van der Waals surface area (Å²) in [6.45, 7) is 0. The van der Waals surface area contributed by atoms with E-state index in [9.17, 15) is 4.79 Å². The number of hydrogen-bond donors (Lipinski definition) is 1. The SMILES string of the molecule is O=C(Nc1cc(Cl)nc(Cl)n1)C(Cl)c1ccccc1. The van der Waals surface area contributed by atoms with Crippen molar-refractivity contribution >= 4 is 46.5 Å². The van der Waals surface area contributed by atoms with Crippen molar-refractivity contribution in [2.45, 2.75) is 5.38 Å². The number of aromatic nitrogens is 2. The second kappa shape index (κ2) is 6.19. The summed E-state index contributed by atoms with van der Waals surface area (Å²) in [5.41, 5.74) is 0.688. The predicted molar refractivity (Wildman–Crippen MR) is 75.7 cm³/mol. The molecule has 19 heavy (non-hydrogen) atoms. The smallest absolute Gasteiger partial charge is 0.248 e. The number of halogens is 3. The molecule has 4 nitrogen and oxygen atoms in total. The van der Waals surface area contributed by atoms with Crippen molar-refractivity contribution in [2.24, 2.45) is 0 Å². The monoisotopic (exact) mass is 315 g/mol. The minimum Gasteiger partial charge on any atom is -0.309 e. The number of rotatable bonds is 3. The summed E-state index contributed by atoms with van der Waals surface area (Å²) < 4.78 is 0. The van der Waals surface area contributed by atoms with Gasteiger partial charge in [-0.05, 0) is 17.2 Å². The molecule has 0 fully saturated rings. The van der Waals surface area contributed by atoms with E-state index in [1.807, 2.05) is 6.07 Å². The Labute approximate surface area is 124 Å². The lowest BCUT2D eigenvalue weighted by atomic mass is 10.1. The van der Waals surface area contributed by atoms with Gasteiger partial charge in [0.05, 0.1) is 0 Å². The molecule has 0 aliphatic rings. The number of carbonyl (C=O) groups is 1. The molecule has 0 bridgehead atoms. The van der Waals surface area contributed by atoms with Crippen molar-refractivity contribution in [1.29, 1.82) is 0 Å². The predicted octanol–water partition coefficient (Wildman–Crippen LogP) is 3.70. The Morgan fingerprint density at radius 2 is 1.84 bits per heavy atom. The average Bonchev–Trinajstić information content (AvgIpc) is 2.37. The molecular formula is C12H8Cl3N3O. The molecule has 2 aromatic rings. The van der Waals surface area contributed by atoms with Crippen molar-refractivity contribution in [2.75, 3.05) is 5.32 Å². The molecule has 1 atom stereocenters. The molecule has 98 valence electrons. The van der Waals surface area contributed by atoms with Gasteiger partial charge in [-0.2, -0.15) is 0 Å². The Morgan fingerprint density at radius 3 is 2.47 bits per heavy atom. The Bertz CT molecular complexity index is 572. The van der Waals surface area contributed by atoms with E-state index in [1.54, 1.807) is 24.3 Å². The van der Waals surface area contributed by atoms with Crippen LogP contribution in [0.4, 0.5) is 5.82 Å². The molecule has 0 saturated heterocycles. The van der Waals surface area contributed by atoms with Gasteiger partial charge in [-0.1, -0.05) is 41.9 Å². The molecule has 0 saturated carbocycles. The minimum atomic E-state index is -0.825. The lowest BCUT2D eigenvalue weighted by Gasteiger charge is -2.10. The van der Waals surface area contributed by atoms with Crippen LogP contribution in [0.1, 0.15) is 10.9 Å².